The molecular weight excluding hydrogens is 230 g/mol. The van der Waals surface area contributed by atoms with Gasteiger partial charge in [-0.3, -0.25) is 14.6 Å². The van der Waals surface area contributed by atoms with E-state index < -0.39 is 0 Å². The lowest BCUT2D eigenvalue weighted by atomic mass is 10.3. The minimum Gasteiger partial charge on any atom is -0.307 e. The first kappa shape index (κ1) is 12.3. The minimum atomic E-state index is -0.129. The number of aromatic nitrogens is 4. The van der Waals surface area contributed by atoms with Crippen molar-refractivity contribution in [3.8, 4) is 0 Å². The highest BCUT2D eigenvalue weighted by atomic mass is 16.2. The molecule has 0 bridgehead atoms. The molecule has 0 radical (unpaired) electrons. The third kappa shape index (κ3) is 2.42. The predicted molar refractivity (Wildman–Crippen MR) is 68.4 cm³/mol. The lowest BCUT2D eigenvalue weighted by molar-refractivity contribution is -0.117. The summed E-state index contributed by atoms with van der Waals surface area (Å²) in [6.07, 6.45) is 0. The zero-order valence-corrected chi connectivity index (χ0v) is 11.0. The topological polar surface area (TPSA) is 75.6 Å². The van der Waals surface area contributed by atoms with Crippen molar-refractivity contribution in [1.82, 2.24) is 20.0 Å². The second kappa shape index (κ2) is 4.64. The van der Waals surface area contributed by atoms with Gasteiger partial charge in [0.25, 0.3) is 0 Å². The van der Waals surface area contributed by atoms with Gasteiger partial charge in [0.05, 0.1) is 5.69 Å². The molecule has 2 N–H and O–H groups in total. The first-order valence-corrected chi connectivity index (χ1v) is 5.80. The van der Waals surface area contributed by atoms with Crippen molar-refractivity contribution in [2.45, 2.75) is 34.2 Å². The Kier molecular flexibility index (Phi) is 3.18. The molecule has 0 atom stereocenters. The quantitative estimate of drug-likeness (QED) is 0.862. The lowest BCUT2D eigenvalue weighted by Gasteiger charge is -2.05. The van der Waals surface area contributed by atoms with Crippen molar-refractivity contribution < 1.29 is 4.79 Å². The van der Waals surface area contributed by atoms with Crippen molar-refractivity contribution >= 4 is 11.7 Å². The van der Waals surface area contributed by atoms with Crippen LogP contribution in [0.2, 0.25) is 0 Å². The number of nitrogens with zero attached hydrogens (tertiary/aromatic N) is 3. The standard InChI is InChI=1S/C12H17N5O/c1-7-5-8(2)17(16-7)6-11(18)13-12-9(3)10(4)14-15-12/h5H,6H2,1-4H3,(H2,13,14,15,18). The molecule has 0 aliphatic carbocycles. The van der Waals surface area contributed by atoms with E-state index in [4.69, 9.17) is 0 Å². The summed E-state index contributed by atoms with van der Waals surface area (Å²) in [5.41, 5.74) is 3.79. The second-order valence-corrected chi connectivity index (χ2v) is 4.46. The minimum absolute atomic E-state index is 0.129. The SMILES string of the molecule is Cc1cc(C)n(CC(=O)Nc2n[nH]c(C)c2C)n1. The van der Waals surface area contributed by atoms with Crippen LogP contribution < -0.4 is 5.32 Å². The van der Waals surface area contributed by atoms with Gasteiger partial charge in [-0.2, -0.15) is 10.2 Å². The predicted octanol–water partition coefficient (Wildman–Crippen LogP) is 1.48. The van der Waals surface area contributed by atoms with Gasteiger partial charge in [0.1, 0.15) is 6.54 Å². The number of hydrogen-bond donors (Lipinski definition) is 2. The van der Waals surface area contributed by atoms with E-state index in [1.165, 1.54) is 0 Å². The third-order valence-corrected chi connectivity index (χ3v) is 2.91. The molecule has 1 amide bonds. The molecule has 0 unspecified atom stereocenters. The Morgan fingerprint density at radius 2 is 2.11 bits per heavy atom. The maximum atomic E-state index is 11.9. The number of H-pyrrole nitrogens is 1. The average Bonchev–Trinajstić information content (AvgIpc) is 2.76. The van der Waals surface area contributed by atoms with E-state index in [9.17, 15) is 4.79 Å². The monoisotopic (exact) mass is 247 g/mol. The van der Waals surface area contributed by atoms with E-state index in [0.717, 1.165) is 22.6 Å². The van der Waals surface area contributed by atoms with E-state index in [0.29, 0.717) is 5.82 Å². The Balaban J connectivity index is 2.05. The Morgan fingerprint density at radius 1 is 1.39 bits per heavy atom. The number of nitrogens with one attached hydrogen (secondary N) is 2. The van der Waals surface area contributed by atoms with Gasteiger partial charge >= 0.3 is 0 Å². The zero-order chi connectivity index (χ0) is 13.3. The van der Waals surface area contributed by atoms with E-state index in [1.807, 2.05) is 33.8 Å². The Bertz CT molecular complexity index is 575. The summed E-state index contributed by atoms with van der Waals surface area (Å²) in [6, 6.07) is 1.94. The normalized spacial score (nSPS) is 10.7. The summed E-state index contributed by atoms with van der Waals surface area (Å²) >= 11 is 0. The molecule has 96 valence electrons. The molecule has 0 fully saturated rings. The van der Waals surface area contributed by atoms with Crippen molar-refractivity contribution in [3.05, 3.63) is 28.7 Å². The highest BCUT2D eigenvalue weighted by Gasteiger charge is 2.11. The maximum Gasteiger partial charge on any atom is 0.247 e. The van der Waals surface area contributed by atoms with Crippen LogP contribution in [0.15, 0.2) is 6.07 Å². The van der Waals surface area contributed by atoms with Crippen LogP contribution in [0.25, 0.3) is 0 Å². The number of carbonyl (C=O) groups excluding carboxylic acids is 1. The van der Waals surface area contributed by atoms with Crippen molar-refractivity contribution in [1.29, 1.82) is 0 Å². The molecule has 0 spiro atoms. The average molecular weight is 247 g/mol. The molecule has 0 aliphatic heterocycles. The highest BCUT2D eigenvalue weighted by molar-refractivity contribution is 5.90. The van der Waals surface area contributed by atoms with Gasteiger partial charge in [-0.05, 0) is 33.8 Å². The third-order valence-electron chi connectivity index (χ3n) is 2.91. The molecule has 0 saturated carbocycles. The molecule has 6 heteroatoms. The van der Waals surface area contributed by atoms with E-state index >= 15 is 0 Å². The molecule has 0 aromatic carbocycles. The second-order valence-electron chi connectivity index (χ2n) is 4.46. The fourth-order valence-corrected chi connectivity index (χ4v) is 1.75. The first-order chi connectivity index (χ1) is 8.47. The van der Waals surface area contributed by atoms with Crippen LogP contribution in [-0.4, -0.2) is 25.9 Å². The molecule has 18 heavy (non-hydrogen) atoms. The molecule has 6 nitrogen and oxygen atoms in total. The molecule has 0 aliphatic rings. The van der Waals surface area contributed by atoms with Crippen molar-refractivity contribution in [2.75, 3.05) is 5.32 Å². The fourth-order valence-electron chi connectivity index (χ4n) is 1.75. The van der Waals surface area contributed by atoms with Crippen LogP contribution in [0.5, 0.6) is 0 Å². The number of hydrogen-bond acceptors (Lipinski definition) is 3. The molecule has 0 saturated heterocycles. The Labute approximate surface area is 105 Å². The number of amides is 1. The summed E-state index contributed by atoms with van der Waals surface area (Å²) in [7, 11) is 0. The van der Waals surface area contributed by atoms with Gasteiger partial charge < -0.3 is 5.32 Å². The summed E-state index contributed by atoms with van der Waals surface area (Å²) in [6.45, 7) is 7.86. The molecular formula is C12H17N5O. The maximum absolute atomic E-state index is 11.9. The van der Waals surface area contributed by atoms with Crippen LogP contribution in [0.1, 0.15) is 22.6 Å². The summed E-state index contributed by atoms with van der Waals surface area (Å²) in [5.74, 6) is 0.454. The molecule has 2 aromatic heterocycles. The summed E-state index contributed by atoms with van der Waals surface area (Å²) < 4.78 is 1.68. The summed E-state index contributed by atoms with van der Waals surface area (Å²) in [4.78, 5) is 11.9. The first-order valence-electron chi connectivity index (χ1n) is 5.80. The van der Waals surface area contributed by atoms with Gasteiger partial charge in [-0.25, -0.2) is 0 Å². The Morgan fingerprint density at radius 3 is 2.61 bits per heavy atom. The number of anilines is 1. The van der Waals surface area contributed by atoms with Crippen molar-refractivity contribution in [2.24, 2.45) is 0 Å². The number of carbonyl (C=O) groups is 1. The van der Waals surface area contributed by atoms with Gasteiger partial charge in [0.2, 0.25) is 5.91 Å². The van der Waals surface area contributed by atoms with E-state index in [-0.39, 0.29) is 12.5 Å². The number of rotatable bonds is 3. The van der Waals surface area contributed by atoms with Gasteiger partial charge in [0.15, 0.2) is 5.82 Å². The van der Waals surface area contributed by atoms with E-state index in [2.05, 4.69) is 20.6 Å². The van der Waals surface area contributed by atoms with E-state index in [1.54, 1.807) is 4.68 Å². The van der Waals surface area contributed by atoms with Crippen LogP contribution in [0, 0.1) is 27.7 Å². The summed E-state index contributed by atoms with van der Waals surface area (Å²) in [5, 5.41) is 13.9. The fraction of sp³-hybridized carbons (Fsp3) is 0.417. The van der Waals surface area contributed by atoms with Gasteiger partial charge in [-0.15, -0.1) is 0 Å². The van der Waals surface area contributed by atoms with Crippen molar-refractivity contribution in [3.63, 3.8) is 0 Å². The molecule has 2 aromatic rings. The largest absolute Gasteiger partial charge is 0.307 e. The number of aromatic amines is 1. The molecule has 2 heterocycles. The van der Waals surface area contributed by atoms with Gasteiger partial charge in [0, 0.05) is 17.0 Å². The smallest absolute Gasteiger partial charge is 0.247 e. The number of aryl methyl sites for hydroxylation is 3. The van der Waals surface area contributed by atoms with Crippen LogP contribution in [0.3, 0.4) is 0 Å². The van der Waals surface area contributed by atoms with Crippen LogP contribution >= 0.6 is 0 Å². The van der Waals surface area contributed by atoms with Crippen LogP contribution in [-0.2, 0) is 11.3 Å². The lowest BCUT2D eigenvalue weighted by Crippen LogP contribution is -2.20. The van der Waals surface area contributed by atoms with Crippen LogP contribution in [0.4, 0.5) is 5.82 Å². The van der Waals surface area contributed by atoms with Gasteiger partial charge in [-0.1, -0.05) is 0 Å². The highest BCUT2D eigenvalue weighted by Crippen LogP contribution is 2.13. The Hall–Kier alpha value is -2.11. The zero-order valence-electron chi connectivity index (χ0n) is 11.0. The molecule has 2 rings (SSSR count).